The number of hydrogen-bond acceptors (Lipinski definition) is 2. The summed E-state index contributed by atoms with van der Waals surface area (Å²) in [5.74, 6) is 0. The van der Waals surface area contributed by atoms with Gasteiger partial charge in [0.1, 0.15) is 0 Å². The first-order valence-electron chi connectivity index (χ1n) is 5.45. The van der Waals surface area contributed by atoms with Gasteiger partial charge >= 0.3 is 0 Å². The van der Waals surface area contributed by atoms with Gasteiger partial charge in [-0.1, -0.05) is 27.7 Å². The van der Waals surface area contributed by atoms with Crippen LogP contribution in [0.2, 0.25) is 0 Å². The van der Waals surface area contributed by atoms with Gasteiger partial charge in [0.05, 0.1) is 6.10 Å². The highest BCUT2D eigenvalue weighted by atomic mass is 16.3. The van der Waals surface area contributed by atoms with E-state index in [-0.39, 0.29) is 11.5 Å². The maximum absolute atomic E-state index is 10.1. The highest BCUT2D eigenvalue weighted by Gasteiger charge is 2.42. The largest absolute Gasteiger partial charge is 0.391 e. The number of aliphatic hydroxyl groups is 1. The number of nitrogens with zero attached hydrogens (tertiary/aromatic N) is 1. The van der Waals surface area contributed by atoms with Crippen LogP contribution in [0.5, 0.6) is 0 Å². The van der Waals surface area contributed by atoms with E-state index in [4.69, 9.17) is 0 Å². The Morgan fingerprint density at radius 3 is 2.15 bits per heavy atom. The first-order chi connectivity index (χ1) is 6.03. The Kier molecular flexibility index (Phi) is 3.36. The van der Waals surface area contributed by atoms with Crippen LogP contribution in [0, 0.1) is 5.41 Å². The molecule has 2 nitrogen and oxygen atoms in total. The molecule has 0 aromatic heterocycles. The van der Waals surface area contributed by atoms with Crippen LogP contribution in [0.15, 0.2) is 0 Å². The zero-order valence-electron chi connectivity index (χ0n) is 9.38. The van der Waals surface area contributed by atoms with E-state index in [1.165, 1.54) is 0 Å². The minimum atomic E-state index is -0.146. The van der Waals surface area contributed by atoms with Crippen molar-refractivity contribution in [2.24, 2.45) is 5.41 Å². The van der Waals surface area contributed by atoms with Crippen molar-refractivity contribution in [1.29, 1.82) is 0 Å². The van der Waals surface area contributed by atoms with Crippen LogP contribution < -0.4 is 0 Å². The molecule has 0 aromatic carbocycles. The van der Waals surface area contributed by atoms with E-state index >= 15 is 0 Å². The Labute approximate surface area is 81.9 Å². The number of rotatable bonds is 3. The highest BCUT2D eigenvalue weighted by Crippen LogP contribution is 2.39. The van der Waals surface area contributed by atoms with Gasteiger partial charge in [-0.05, 0) is 31.3 Å². The van der Waals surface area contributed by atoms with Gasteiger partial charge in [0.2, 0.25) is 0 Å². The summed E-state index contributed by atoms with van der Waals surface area (Å²) in [6, 6.07) is 0.394. The van der Waals surface area contributed by atoms with Crippen LogP contribution in [0.4, 0.5) is 0 Å². The van der Waals surface area contributed by atoms with Gasteiger partial charge in [0.15, 0.2) is 0 Å². The third-order valence-corrected chi connectivity index (χ3v) is 3.53. The molecule has 1 N–H and O–H groups in total. The van der Waals surface area contributed by atoms with Gasteiger partial charge in [-0.2, -0.15) is 0 Å². The average Bonchev–Trinajstić information content (AvgIpc) is 2.34. The van der Waals surface area contributed by atoms with Gasteiger partial charge in [-0.25, -0.2) is 0 Å². The maximum Gasteiger partial charge on any atom is 0.0746 e. The summed E-state index contributed by atoms with van der Waals surface area (Å²) >= 11 is 0. The van der Waals surface area contributed by atoms with E-state index in [1.54, 1.807) is 0 Å². The lowest BCUT2D eigenvalue weighted by Gasteiger charge is -2.32. The summed E-state index contributed by atoms with van der Waals surface area (Å²) in [5.41, 5.74) is 0.118. The molecule has 13 heavy (non-hydrogen) atoms. The van der Waals surface area contributed by atoms with Crippen molar-refractivity contribution in [2.45, 2.75) is 52.7 Å². The molecule has 1 fully saturated rings. The zero-order chi connectivity index (χ0) is 10.1. The van der Waals surface area contributed by atoms with Gasteiger partial charge in [0.25, 0.3) is 0 Å². The molecular formula is C11H23NO. The summed E-state index contributed by atoms with van der Waals surface area (Å²) in [5, 5.41) is 10.1. The van der Waals surface area contributed by atoms with Crippen LogP contribution in [0.3, 0.4) is 0 Å². The molecule has 0 spiro atoms. The lowest BCUT2D eigenvalue weighted by molar-refractivity contribution is 0.0180. The Bertz CT molecular complexity index is 163. The molecule has 0 saturated heterocycles. The van der Waals surface area contributed by atoms with Crippen molar-refractivity contribution in [3.05, 3.63) is 0 Å². The average molecular weight is 185 g/mol. The third-order valence-electron chi connectivity index (χ3n) is 3.53. The molecule has 2 atom stereocenters. The van der Waals surface area contributed by atoms with Crippen molar-refractivity contribution in [2.75, 3.05) is 13.1 Å². The topological polar surface area (TPSA) is 23.5 Å². The molecule has 0 bridgehead atoms. The number of hydrogen-bond donors (Lipinski definition) is 1. The predicted octanol–water partition coefficient (Wildman–Crippen LogP) is 1.88. The standard InChI is InChI=1S/C11H23NO/c1-5-12(6-2)9-7-8-11(3,4)10(9)13/h9-10,13H,5-8H2,1-4H3. The highest BCUT2D eigenvalue weighted by molar-refractivity contribution is 4.95. The van der Waals surface area contributed by atoms with E-state index < -0.39 is 0 Å². The molecule has 0 heterocycles. The molecule has 2 unspecified atom stereocenters. The molecule has 1 rings (SSSR count). The quantitative estimate of drug-likeness (QED) is 0.725. The maximum atomic E-state index is 10.1. The minimum Gasteiger partial charge on any atom is -0.391 e. The predicted molar refractivity (Wildman–Crippen MR) is 55.7 cm³/mol. The van der Waals surface area contributed by atoms with Gasteiger partial charge in [-0.3, -0.25) is 4.90 Å². The van der Waals surface area contributed by atoms with E-state index in [9.17, 15) is 5.11 Å². The molecule has 0 radical (unpaired) electrons. The van der Waals surface area contributed by atoms with Crippen molar-refractivity contribution in [3.63, 3.8) is 0 Å². The normalized spacial score (nSPS) is 32.8. The summed E-state index contributed by atoms with van der Waals surface area (Å²) in [6.07, 6.45) is 2.15. The van der Waals surface area contributed by atoms with E-state index in [0.717, 1.165) is 25.9 Å². The van der Waals surface area contributed by atoms with Crippen molar-refractivity contribution in [3.8, 4) is 0 Å². The number of likely N-dealkylation sites (N-methyl/N-ethyl adjacent to an activating group) is 1. The molecule has 0 aliphatic heterocycles. The summed E-state index contributed by atoms with van der Waals surface area (Å²) < 4.78 is 0. The number of aliphatic hydroxyl groups excluding tert-OH is 1. The molecule has 78 valence electrons. The van der Waals surface area contributed by atoms with E-state index in [0.29, 0.717) is 6.04 Å². The lowest BCUT2D eigenvalue weighted by Crippen LogP contribution is -2.43. The molecule has 2 heteroatoms. The van der Waals surface area contributed by atoms with Crippen molar-refractivity contribution >= 4 is 0 Å². The second-order valence-corrected chi connectivity index (χ2v) is 4.76. The minimum absolute atomic E-state index is 0.118. The smallest absolute Gasteiger partial charge is 0.0746 e. The van der Waals surface area contributed by atoms with Crippen LogP contribution in [-0.2, 0) is 0 Å². The Morgan fingerprint density at radius 2 is 1.85 bits per heavy atom. The Hall–Kier alpha value is -0.0800. The fourth-order valence-electron chi connectivity index (χ4n) is 2.42. The molecule has 1 aliphatic rings. The summed E-state index contributed by atoms with van der Waals surface area (Å²) in [6.45, 7) is 10.8. The van der Waals surface area contributed by atoms with Crippen LogP contribution in [0.25, 0.3) is 0 Å². The zero-order valence-corrected chi connectivity index (χ0v) is 9.38. The van der Waals surface area contributed by atoms with Crippen molar-refractivity contribution < 1.29 is 5.11 Å². The third kappa shape index (κ3) is 2.05. The monoisotopic (exact) mass is 185 g/mol. The van der Waals surface area contributed by atoms with Gasteiger partial charge in [-0.15, -0.1) is 0 Å². The SMILES string of the molecule is CCN(CC)C1CCC(C)(C)C1O. The summed E-state index contributed by atoms with van der Waals surface area (Å²) in [7, 11) is 0. The van der Waals surface area contributed by atoms with Crippen LogP contribution >= 0.6 is 0 Å². The molecular weight excluding hydrogens is 162 g/mol. The molecule has 1 saturated carbocycles. The summed E-state index contributed by atoms with van der Waals surface area (Å²) in [4.78, 5) is 2.37. The second kappa shape index (κ2) is 3.97. The van der Waals surface area contributed by atoms with Gasteiger partial charge < -0.3 is 5.11 Å². The Morgan fingerprint density at radius 1 is 1.31 bits per heavy atom. The first-order valence-corrected chi connectivity index (χ1v) is 5.45. The van der Waals surface area contributed by atoms with E-state index in [2.05, 4.69) is 32.6 Å². The van der Waals surface area contributed by atoms with Crippen LogP contribution in [0.1, 0.15) is 40.5 Å². The first kappa shape index (κ1) is 11.0. The fraction of sp³-hybridized carbons (Fsp3) is 1.00. The van der Waals surface area contributed by atoms with Crippen LogP contribution in [-0.4, -0.2) is 35.2 Å². The van der Waals surface area contributed by atoms with Gasteiger partial charge in [0, 0.05) is 6.04 Å². The van der Waals surface area contributed by atoms with E-state index in [1.807, 2.05) is 0 Å². The Balaban J connectivity index is 2.63. The fourth-order valence-corrected chi connectivity index (χ4v) is 2.42. The van der Waals surface area contributed by atoms with Crippen molar-refractivity contribution in [1.82, 2.24) is 4.90 Å². The molecule has 0 aromatic rings. The molecule has 0 amide bonds. The second-order valence-electron chi connectivity index (χ2n) is 4.76. The lowest BCUT2D eigenvalue weighted by atomic mass is 9.88. The molecule has 1 aliphatic carbocycles.